The highest BCUT2D eigenvalue weighted by molar-refractivity contribution is 5.71. The van der Waals surface area contributed by atoms with E-state index in [0.717, 1.165) is 77.0 Å². The smallest absolute Gasteiger partial charge is 0.306 e. The van der Waals surface area contributed by atoms with Gasteiger partial charge in [-0.05, 0) is 57.8 Å². The Bertz CT molecular complexity index is 1300. The van der Waals surface area contributed by atoms with Gasteiger partial charge < -0.3 is 14.2 Å². The summed E-state index contributed by atoms with van der Waals surface area (Å²) in [4.78, 5) is 38.4. The van der Waals surface area contributed by atoms with Crippen LogP contribution in [0.15, 0.2) is 36.5 Å². The zero-order valence-electron chi connectivity index (χ0n) is 52.7. The molecule has 0 aromatic heterocycles. The van der Waals surface area contributed by atoms with Crippen molar-refractivity contribution in [2.24, 2.45) is 0 Å². The molecule has 1 atom stereocenters. The van der Waals surface area contributed by atoms with Crippen LogP contribution in [-0.2, 0) is 28.6 Å². The molecule has 0 heterocycles. The van der Waals surface area contributed by atoms with E-state index in [9.17, 15) is 14.4 Å². The minimum absolute atomic E-state index is 0.0720. The van der Waals surface area contributed by atoms with E-state index in [-0.39, 0.29) is 31.1 Å². The number of carbonyl (C=O) groups excluding carboxylic acids is 3. The van der Waals surface area contributed by atoms with Crippen LogP contribution in [0, 0.1) is 0 Å². The molecular weight excluding hydrogens is 961 g/mol. The maximum absolute atomic E-state index is 12.9. The molecule has 1 unspecified atom stereocenters. The standard InChI is InChI=1S/C72H134O6/c1-4-7-10-13-16-19-22-25-27-29-31-33-34-35-36-37-39-40-42-44-47-50-53-56-59-62-65-71(74)77-68-69(67-76-70(73)64-61-58-55-52-49-46-24-21-18-15-12-9-6-3)78-72(75)66-63-60-57-54-51-48-45-43-41-38-32-30-28-26-23-20-17-14-11-8-5-2/h23,26,30,32,41,43,69H,4-22,24-25,27-29,31,33-40,42,44-68H2,1-3H3/b26-23-,32-30-,43-41-. The summed E-state index contributed by atoms with van der Waals surface area (Å²) in [6.45, 7) is 6.69. The van der Waals surface area contributed by atoms with Gasteiger partial charge in [-0.2, -0.15) is 0 Å². The summed E-state index contributed by atoms with van der Waals surface area (Å²) in [7, 11) is 0. The number of rotatable bonds is 65. The first-order valence-corrected chi connectivity index (χ1v) is 35.0. The first kappa shape index (κ1) is 75.6. The van der Waals surface area contributed by atoms with Crippen LogP contribution in [0.4, 0.5) is 0 Å². The first-order chi connectivity index (χ1) is 38.5. The number of ether oxygens (including phenoxy) is 3. The van der Waals surface area contributed by atoms with Crippen molar-refractivity contribution in [1.29, 1.82) is 0 Å². The van der Waals surface area contributed by atoms with Gasteiger partial charge in [0.1, 0.15) is 13.2 Å². The van der Waals surface area contributed by atoms with Crippen LogP contribution < -0.4 is 0 Å². The van der Waals surface area contributed by atoms with E-state index >= 15 is 0 Å². The lowest BCUT2D eigenvalue weighted by molar-refractivity contribution is -0.167. The van der Waals surface area contributed by atoms with Gasteiger partial charge in [-0.3, -0.25) is 14.4 Å². The molecule has 0 saturated heterocycles. The highest BCUT2D eigenvalue weighted by Gasteiger charge is 2.19. The van der Waals surface area contributed by atoms with Gasteiger partial charge in [0, 0.05) is 19.3 Å². The largest absolute Gasteiger partial charge is 0.462 e. The van der Waals surface area contributed by atoms with Crippen molar-refractivity contribution in [2.75, 3.05) is 13.2 Å². The number of hydrogen-bond donors (Lipinski definition) is 0. The molecule has 0 radical (unpaired) electrons. The minimum Gasteiger partial charge on any atom is -0.462 e. The Hall–Kier alpha value is -2.37. The molecule has 78 heavy (non-hydrogen) atoms. The van der Waals surface area contributed by atoms with Crippen LogP contribution in [-0.4, -0.2) is 37.2 Å². The lowest BCUT2D eigenvalue weighted by Gasteiger charge is -2.18. The van der Waals surface area contributed by atoms with E-state index in [1.807, 2.05) is 0 Å². The summed E-state index contributed by atoms with van der Waals surface area (Å²) in [6.07, 6.45) is 83.1. The molecule has 0 aliphatic rings. The first-order valence-electron chi connectivity index (χ1n) is 35.0. The molecule has 0 N–H and O–H groups in total. The van der Waals surface area contributed by atoms with Gasteiger partial charge >= 0.3 is 17.9 Å². The maximum Gasteiger partial charge on any atom is 0.306 e. The second-order valence-electron chi connectivity index (χ2n) is 23.8. The summed E-state index contributed by atoms with van der Waals surface area (Å²) in [6, 6.07) is 0. The fourth-order valence-corrected chi connectivity index (χ4v) is 10.6. The Morgan fingerprint density at radius 3 is 0.718 bits per heavy atom. The van der Waals surface area contributed by atoms with Crippen LogP contribution in [0.2, 0.25) is 0 Å². The van der Waals surface area contributed by atoms with Gasteiger partial charge in [-0.1, -0.05) is 346 Å². The maximum atomic E-state index is 12.9. The molecule has 6 heteroatoms. The lowest BCUT2D eigenvalue weighted by atomic mass is 10.0. The molecule has 6 nitrogen and oxygen atoms in total. The molecule has 0 aromatic rings. The average Bonchev–Trinajstić information content (AvgIpc) is 3.44. The summed E-state index contributed by atoms with van der Waals surface area (Å²) < 4.78 is 17.0. The summed E-state index contributed by atoms with van der Waals surface area (Å²) in [5.41, 5.74) is 0. The summed E-state index contributed by atoms with van der Waals surface area (Å²) in [5.74, 6) is -0.856. The van der Waals surface area contributed by atoms with E-state index in [1.165, 1.54) is 270 Å². The summed E-state index contributed by atoms with van der Waals surface area (Å²) in [5, 5.41) is 0. The molecule has 0 bridgehead atoms. The van der Waals surface area contributed by atoms with E-state index in [2.05, 4.69) is 57.2 Å². The number of allylic oxidation sites excluding steroid dienone is 6. The van der Waals surface area contributed by atoms with Gasteiger partial charge in [-0.25, -0.2) is 0 Å². The third-order valence-electron chi connectivity index (χ3n) is 15.9. The van der Waals surface area contributed by atoms with E-state index in [0.29, 0.717) is 19.3 Å². The highest BCUT2D eigenvalue weighted by atomic mass is 16.6. The predicted octanol–water partition coefficient (Wildman–Crippen LogP) is 23.9. The fraction of sp³-hybridized carbons (Fsp3) is 0.875. The van der Waals surface area contributed by atoms with Gasteiger partial charge in [0.25, 0.3) is 0 Å². The SMILES string of the molecule is CCCCCCC/C=C\C/C=C\C/C=C\CCCCCCCCC(=O)OC(COC(=O)CCCCCCCCCCCCCCC)COC(=O)CCCCCCCCCCCCCCCCCCCCCCCCCCCC. The summed E-state index contributed by atoms with van der Waals surface area (Å²) >= 11 is 0. The van der Waals surface area contributed by atoms with Crippen LogP contribution in [0.3, 0.4) is 0 Å². The molecule has 0 saturated carbocycles. The molecule has 0 aliphatic carbocycles. The number of carbonyl (C=O) groups is 3. The van der Waals surface area contributed by atoms with Crippen molar-refractivity contribution >= 4 is 17.9 Å². The molecule has 0 spiro atoms. The average molecular weight is 1100 g/mol. The van der Waals surface area contributed by atoms with Gasteiger partial charge in [0.05, 0.1) is 0 Å². The van der Waals surface area contributed by atoms with Crippen molar-refractivity contribution in [3.63, 3.8) is 0 Å². The fourth-order valence-electron chi connectivity index (χ4n) is 10.6. The van der Waals surface area contributed by atoms with Crippen molar-refractivity contribution < 1.29 is 28.6 Å². The third kappa shape index (κ3) is 64.5. The molecule has 0 fully saturated rings. The molecule has 0 aliphatic heterocycles. The predicted molar refractivity (Wildman–Crippen MR) is 339 cm³/mol. The van der Waals surface area contributed by atoms with Crippen LogP contribution in [0.5, 0.6) is 0 Å². The Balaban J connectivity index is 4.24. The molecule has 0 amide bonds. The highest BCUT2D eigenvalue weighted by Crippen LogP contribution is 2.18. The van der Waals surface area contributed by atoms with Crippen molar-refractivity contribution in [3.05, 3.63) is 36.5 Å². The van der Waals surface area contributed by atoms with Crippen LogP contribution in [0.1, 0.15) is 387 Å². The molecule has 0 aromatic carbocycles. The van der Waals surface area contributed by atoms with Gasteiger partial charge in [0.2, 0.25) is 0 Å². The molecule has 0 rings (SSSR count). The zero-order valence-corrected chi connectivity index (χ0v) is 52.7. The van der Waals surface area contributed by atoms with Crippen molar-refractivity contribution in [2.45, 2.75) is 393 Å². The second kappa shape index (κ2) is 67.1. The van der Waals surface area contributed by atoms with Crippen LogP contribution in [0.25, 0.3) is 0 Å². The molecular formula is C72H134O6. The number of hydrogen-bond acceptors (Lipinski definition) is 6. The van der Waals surface area contributed by atoms with E-state index < -0.39 is 6.10 Å². The number of esters is 3. The Morgan fingerprint density at radius 2 is 0.462 bits per heavy atom. The zero-order chi connectivity index (χ0) is 56.4. The van der Waals surface area contributed by atoms with E-state index in [4.69, 9.17) is 14.2 Å². The van der Waals surface area contributed by atoms with Gasteiger partial charge in [-0.15, -0.1) is 0 Å². The quantitative estimate of drug-likeness (QED) is 0.0261. The second-order valence-corrected chi connectivity index (χ2v) is 23.8. The monoisotopic (exact) mass is 1100 g/mol. The number of unbranched alkanes of at least 4 members (excludes halogenated alkanes) is 48. The van der Waals surface area contributed by atoms with E-state index in [1.54, 1.807) is 0 Å². The van der Waals surface area contributed by atoms with Crippen molar-refractivity contribution in [3.8, 4) is 0 Å². The Labute approximate surface area is 486 Å². The van der Waals surface area contributed by atoms with Crippen LogP contribution >= 0.6 is 0 Å². The third-order valence-corrected chi connectivity index (χ3v) is 15.9. The Morgan fingerprint density at radius 1 is 0.256 bits per heavy atom. The molecule has 458 valence electrons. The van der Waals surface area contributed by atoms with Gasteiger partial charge in [0.15, 0.2) is 6.10 Å². The topological polar surface area (TPSA) is 78.9 Å². The minimum atomic E-state index is -0.777. The van der Waals surface area contributed by atoms with Crippen molar-refractivity contribution in [1.82, 2.24) is 0 Å². The lowest BCUT2D eigenvalue weighted by Crippen LogP contribution is -2.30. The Kier molecular flexibility index (Phi) is 65.1. The normalized spacial score (nSPS) is 12.2.